The van der Waals surface area contributed by atoms with Crippen molar-refractivity contribution < 1.29 is 22.8 Å². The van der Waals surface area contributed by atoms with Crippen molar-refractivity contribution in [3.8, 4) is 5.75 Å². The summed E-state index contributed by atoms with van der Waals surface area (Å²) < 4.78 is 40.9. The quantitative estimate of drug-likeness (QED) is 0.494. The predicted molar refractivity (Wildman–Crippen MR) is 97.1 cm³/mol. The van der Waals surface area contributed by atoms with E-state index in [0.29, 0.717) is 15.2 Å². The van der Waals surface area contributed by atoms with E-state index in [2.05, 4.69) is 20.5 Å². The number of rotatable bonds is 7. The molecule has 0 bridgehead atoms. The maximum atomic E-state index is 12.4. The molecule has 0 aliphatic carbocycles. The van der Waals surface area contributed by atoms with Crippen LogP contribution in [0.25, 0.3) is 0 Å². The van der Waals surface area contributed by atoms with Crippen LogP contribution in [-0.4, -0.2) is 11.1 Å². The van der Waals surface area contributed by atoms with Crippen LogP contribution in [0.2, 0.25) is 5.02 Å². The summed E-state index contributed by atoms with van der Waals surface area (Å²) in [5, 5.41) is 0.709. The van der Waals surface area contributed by atoms with E-state index in [1.54, 1.807) is 23.9 Å². The fourth-order valence-electron chi connectivity index (χ4n) is 1.78. The lowest BCUT2D eigenvalue weighted by Gasteiger charge is -2.14. The Bertz CT molecular complexity index is 763. The van der Waals surface area contributed by atoms with E-state index in [1.165, 1.54) is 6.07 Å². The van der Waals surface area contributed by atoms with Gasteiger partial charge in [0.05, 0.1) is 4.47 Å². The zero-order valence-corrected chi connectivity index (χ0v) is 16.2. The van der Waals surface area contributed by atoms with E-state index in [9.17, 15) is 13.3 Å². The largest absolute Gasteiger partial charge is 0.442 e. The van der Waals surface area contributed by atoms with Crippen molar-refractivity contribution in [2.24, 2.45) is 0 Å². The zero-order chi connectivity index (χ0) is 17.7. The van der Waals surface area contributed by atoms with Crippen molar-refractivity contribution in [2.75, 3.05) is 0 Å². The molecule has 24 heavy (non-hydrogen) atoms. The van der Waals surface area contributed by atoms with E-state index in [0.717, 1.165) is 16.9 Å². The molecule has 0 aliphatic heterocycles. The first-order chi connectivity index (χ1) is 11.3. The second kappa shape index (κ2) is 8.68. The minimum Gasteiger partial charge on any atom is -0.420 e. The summed E-state index contributed by atoms with van der Waals surface area (Å²) in [5.74, 6) is 1.30. The Balaban J connectivity index is 1.97. The molecule has 0 spiro atoms. The van der Waals surface area contributed by atoms with E-state index in [4.69, 9.17) is 16.5 Å². The van der Waals surface area contributed by atoms with Crippen LogP contribution in [0.1, 0.15) is 11.1 Å². The van der Waals surface area contributed by atoms with Crippen LogP contribution in [0.4, 0.5) is 8.78 Å². The molecule has 0 aliphatic rings. The molecule has 2 rings (SSSR count). The maximum Gasteiger partial charge on any atom is 0.442 e. The Morgan fingerprint density at radius 2 is 1.96 bits per heavy atom. The molecule has 1 N–H and O–H groups in total. The third kappa shape index (κ3) is 5.46. The van der Waals surface area contributed by atoms with Crippen LogP contribution in [-0.2, 0) is 16.1 Å². The van der Waals surface area contributed by atoms with E-state index >= 15 is 0 Å². The number of thioether (sulfide) groups is 1. The molecule has 0 saturated heterocycles. The predicted octanol–water partition coefficient (Wildman–Crippen LogP) is 6.32. The topological polar surface area (TPSA) is 46.5 Å². The van der Waals surface area contributed by atoms with Gasteiger partial charge in [0.25, 0.3) is 0 Å². The molecule has 0 saturated carbocycles. The molecule has 2 aromatic rings. The summed E-state index contributed by atoms with van der Waals surface area (Å²) in [4.78, 5) is 9.08. The monoisotopic (exact) mass is 456 g/mol. The Kier molecular flexibility index (Phi) is 7.13. The van der Waals surface area contributed by atoms with Gasteiger partial charge in [0, 0.05) is 16.5 Å². The van der Waals surface area contributed by atoms with Crippen LogP contribution in [0, 0.1) is 0 Å². The highest BCUT2D eigenvalue weighted by Gasteiger charge is 2.34. The van der Waals surface area contributed by atoms with Crippen LogP contribution in [0.15, 0.2) is 46.9 Å². The minimum atomic E-state index is -4.98. The summed E-state index contributed by atoms with van der Waals surface area (Å²) in [6, 6.07) is 12.3. The van der Waals surface area contributed by atoms with Crippen molar-refractivity contribution in [3.05, 3.63) is 63.1 Å². The van der Waals surface area contributed by atoms with Crippen LogP contribution < -0.4 is 4.52 Å². The van der Waals surface area contributed by atoms with Gasteiger partial charge in [0.2, 0.25) is 0 Å². The first-order valence-electron chi connectivity index (χ1n) is 6.69. The lowest BCUT2D eigenvalue weighted by Crippen LogP contribution is -2.01. The molecular formula is C15H13BrClF2O3PS. The SMILES string of the molecule is O=P(O)(Oc1ccc(CSCc2ccccc2Cl)cc1Br)C(F)F. The number of hydrogen-bond donors (Lipinski definition) is 1. The van der Waals surface area contributed by atoms with Gasteiger partial charge in [-0.3, -0.25) is 0 Å². The highest BCUT2D eigenvalue weighted by Crippen LogP contribution is 2.50. The number of alkyl halides is 2. The molecule has 0 amide bonds. The lowest BCUT2D eigenvalue weighted by atomic mass is 10.2. The fourth-order valence-corrected chi connectivity index (χ4v) is 4.21. The molecular weight excluding hydrogens is 445 g/mol. The molecule has 0 fully saturated rings. The smallest absolute Gasteiger partial charge is 0.420 e. The molecule has 0 heterocycles. The molecule has 1 unspecified atom stereocenters. The Hall–Kier alpha value is -0.590. The molecule has 130 valence electrons. The van der Waals surface area contributed by atoms with Gasteiger partial charge in [0.15, 0.2) is 0 Å². The first-order valence-corrected chi connectivity index (χ1v) is 10.7. The van der Waals surface area contributed by atoms with Crippen molar-refractivity contribution in [2.45, 2.75) is 17.7 Å². The third-order valence-electron chi connectivity index (χ3n) is 2.96. The fraction of sp³-hybridized carbons (Fsp3) is 0.200. The maximum absolute atomic E-state index is 12.4. The zero-order valence-electron chi connectivity index (χ0n) is 12.2. The normalized spacial score (nSPS) is 13.8. The Morgan fingerprint density at radius 1 is 1.25 bits per heavy atom. The lowest BCUT2D eigenvalue weighted by molar-refractivity contribution is 0.188. The van der Waals surface area contributed by atoms with E-state index in [-0.39, 0.29) is 5.75 Å². The highest BCUT2D eigenvalue weighted by molar-refractivity contribution is 9.10. The number of benzene rings is 2. The van der Waals surface area contributed by atoms with Gasteiger partial charge in [-0.2, -0.15) is 20.5 Å². The van der Waals surface area contributed by atoms with Crippen LogP contribution in [0.5, 0.6) is 5.75 Å². The molecule has 9 heteroatoms. The van der Waals surface area contributed by atoms with Gasteiger partial charge >= 0.3 is 13.8 Å². The van der Waals surface area contributed by atoms with Crippen molar-refractivity contribution in [3.63, 3.8) is 0 Å². The third-order valence-corrected chi connectivity index (χ3v) is 5.95. The van der Waals surface area contributed by atoms with E-state index < -0.39 is 13.8 Å². The average molecular weight is 458 g/mol. The molecule has 3 nitrogen and oxygen atoms in total. The summed E-state index contributed by atoms with van der Waals surface area (Å²) >= 11 is 10.9. The number of halogens is 4. The van der Waals surface area contributed by atoms with Crippen molar-refractivity contribution in [1.29, 1.82) is 0 Å². The summed E-state index contributed by atoms with van der Waals surface area (Å²) in [7, 11) is -4.98. The Labute approximate surface area is 156 Å². The van der Waals surface area contributed by atoms with Crippen molar-refractivity contribution >= 4 is 46.9 Å². The van der Waals surface area contributed by atoms with Gasteiger partial charge in [-0.15, -0.1) is 0 Å². The van der Waals surface area contributed by atoms with E-state index in [1.807, 2.05) is 24.3 Å². The van der Waals surface area contributed by atoms with Gasteiger partial charge < -0.3 is 9.42 Å². The summed E-state index contributed by atoms with van der Waals surface area (Å²) in [6.07, 6.45) is -3.45. The second-order valence-corrected chi connectivity index (χ2v) is 8.73. The average Bonchev–Trinajstić information content (AvgIpc) is 2.51. The summed E-state index contributed by atoms with van der Waals surface area (Å²) in [6.45, 7) is 0. The molecule has 0 aromatic heterocycles. The first kappa shape index (κ1) is 19.7. The van der Waals surface area contributed by atoms with Gasteiger partial charge in [0.1, 0.15) is 5.75 Å². The highest BCUT2D eigenvalue weighted by atomic mass is 79.9. The molecule has 2 aromatic carbocycles. The Morgan fingerprint density at radius 3 is 2.58 bits per heavy atom. The van der Waals surface area contributed by atoms with Crippen LogP contribution >= 0.6 is 46.9 Å². The van der Waals surface area contributed by atoms with Gasteiger partial charge in [-0.05, 0) is 45.3 Å². The number of hydrogen-bond acceptors (Lipinski definition) is 3. The van der Waals surface area contributed by atoms with Gasteiger partial charge in [-0.25, -0.2) is 4.57 Å². The molecule has 1 atom stereocenters. The molecule has 0 radical (unpaired) electrons. The minimum absolute atomic E-state index is 0.0963. The van der Waals surface area contributed by atoms with Crippen molar-refractivity contribution in [1.82, 2.24) is 0 Å². The van der Waals surface area contributed by atoms with Crippen LogP contribution in [0.3, 0.4) is 0 Å². The standard InChI is InChI=1S/C15H13BrClF2O3PS/c16-12-7-10(5-6-14(12)22-23(20,21)15(18)19)8-24-9-11-3-1-2-4-13(11)17/h1-7,15H,8-9H2,(H,20,21). The summed E-state index contributed by atoms with van der Waals surface area (Å²) in [5.41, 5.74) is 1.94. The van der Waals surface area contributed by atoms with Gasteiger partial charge in [-0.1, -0.05) is 35.9 Å². The second-order valence-electron chi connectivity index (χ2n) is 4.78.